The van der Waals surface area contributed by atoms with Crippen LogP contribution >= 0.6 is 11.6 Å². The monoisotopic (exact) mass is 356 g/mol. The lowest BCUT2D eigenvalue weighted by Gasteiger charge is -2.24. The van der Waals surface area contributed by atoms with Crippen molar-refractivity contribution in [2.75, 3.05) is 13.2 Å². The second-order valence-electron chi connectivity index (χ2n) is 5.76. The highest BCUT2D eigenvalue weighted by Crippen LogP contribution is 2.24. The standard InChI is InChI=1S/C21H18ClFO2/c1-2-4-16-13-24-21(25-14-16)10-7-15-5-3-6-17(11-15)18-8-9-19(22)20(23)12-18/h2-6,8-9,11-12,16,21H,13-14H2,1H3/b4-2+. The number of allylic oxidation sites excluding steroid dienone is 1. The van der Waals surface area contributed by atoms with Crippen LogP contribution in [0, 0.1) is 23.6 Å². The van der Waals surface area contributed by atoms with Gasteiger partial charge in [0, 0.05) is 11.5 Å². The number of hydrogen-bond acceptors (Lipinski definition) is 2. The molecule has 1 aliphatic rings. The summed E-state index contributed by atoms with van der Waals surface area (Å²) in [5.41, 5.74) is 2.45. The Morgan fingerprint density at radius 2 is 1.88 bits per heavy atom. The lowest BCUT2D eigenvalue weighted by molar-refractivity contribution is -0.160. The van der Waals surface area contributed by atoms with Crippen molar-refractivity contribution in [3.05, 3.63) is 71.0 Å². The van der Waals surface area contributed by atoms with Gasteiger partial charge < -0.3 is 9.47 Å². The highest BCUT2D eigenvalue weighted by molar-refractivity contribution is 6.30. The minimum atomic E-state index is -0.516. The van der Waals surface area contributed by atoms with Crippen LogP contribution in [0.2, 0.25) is 5.02 Å². The molecule has 0 amide bonds. The molecular formula is C21H18ClFO2. The second kappa shape index (κ2) is 8.31. The Labute approximate surface area is 152 Å². The van der Waals surface area contributed by atoms with Crippen LogP contribution in [0.5, 0.6) is 0 Å². The van der Waals surface area contributed by atoms with Crippen LogP contribution < -0.4 is 0 Å². The highest BCUT2D eigenvalue weighted by atomic mass is 35.5. The zero-order chi connectivity index (χ0) is 17.6. The summed E-state index contributed by atoms with van der Waals surface area (Å²) in [4.78, 5) is 0. The topological polar surface area (TPSA) is 18.5 Å². The van der Waals surface area contributed by atoms with Gasteiger partial charge in [-0.1, -0.05) is 47.9 Å². The molecule has 2 nitrogen and oxygen atoms in total. The van der Waals surface area contributed by atoms with Crippen LogP contribution in [-0.4, -0.2) is 19.5 Å². The SMILES string of the molecule is C/C=C/C1COC(C#Cc2cccc(-c3ccc(Cl)c(F)c3)c2)OC1. The molecule has 0 bridgehead atoms. The zero-order valence-electron chi connectivity index (χ0n) is 13.8. The van der Waals surface area contributed by atoms with Gasteiger partial charge in [0.15, 0.2) is 0 Å². The van der Waals surface area contributed by atoms with Crippen molar-refractivity contribution in [2.24, 2.45) is 5.92 Å². The molecule has 0 aromatic heterocycles. The Kier molecular flexibility index (Phi) is 5.88. The molecule has 2 aromatic rings. The summed E-state index contributed by atoms with van der Waals surface area (Å²) < 4.78 is 24.8. The van der Waals surface area contributed by atoms with E-state index < -0.39 is 12.1 Å². The lowest BCUT2D eigenvalue weighted by Crippen LogP contribution is -2.30. The van der Waals surface area contributed by atoms with E-state index in [4.69, 9.17) is 21.1 Å². The van der Waals surface area contributed by atoms with Crippen LogP contribution in [0.1, 0.15) is 12.5 Å². The molecule has 2 aromatic carbocycles. The van der Waals surface area contributed by atoms with E-state index in [2.05, 4.69) is 17.9 Å². The third-order valence-corrected chi connectivity index (χ3v) is 4.14. The van der Waals surface area contributed by atoms with Crippen LogP contribution in [0.25, 0.3) is 11.1 Å². The Morgan fingerprint density at radius 1 is 1.12 bits per heavy atom. The summed E-state index contributed by atoms with van der Waals surface area (Å²) in [6.07, 6.45) is 3.55. The predicted molar refractivity (Wildman–Crippen MR) is 97.7 cm³/mol. The predicted octanol–water partition coefficient (Wildman–Crippen LogP) is 5.06. The van der Waals surface area contributed by atoms with Gasteiger partial charge in [-0.2, -0.15) is 0 Å². The molecule has 0 spiro atoms. The van der Waals surface area contributed by atoms with Gasteiger partial charge in [-0.25, -0.2) is 4.39 Å². The number of rotatable bonds is 2. The van der Waals surface area contributed by atoms with Gasteiger partial charge in [0.25, 0.3) is 0 Å². The van der Waals surface area contributed by atoms with E-state index in [0.717, 1.165) is 16.7 Å². The Bertz CT molecular complexity index is 827. The minimum absolute atomic E-state index is 0.113. The van der Waals surface area contributed by atoms with Gasteiger partial charge in [-0.3, -0.25) is 0 Å². The molecule has 0 radical (unpaired) electrons. The van der Waals surface area contributed by atoms with Gasteiger partial charge in [-0.05, 0) is 48.2 Å². The maximum absolute atomic E-state index is 13.6. The van der Waals surface area contributed by atoms with Gasteiger partial charge in [-0.15, -0.1) is 0 Å². The van der Waals surface area contributed by atoms with Crippen molar-refractivity contribution < 1.29 is 13.9 Å². The van der Waals surface area contributed by atoms with Crippen molar-refractivity contribution in [3.8, 4) is 23.0 Å². The first-order chi connectivity index (χ1) is 12.2. The van der Waals surface area contributed by atoms with Crippen molar-refractivity contribution in [3.63, 3.8) is 0 Å². The summed E-state index contributed by atoms with van der Waals surface area (Å²) >= 11 is 5.74. The van der Waals surface area contributed by atoms with Crippen LogP contribution in [0.3, 0.4) is 0 Å². The molecule has 128 valence electrons. The first-order valence-corrected chi connectivity index (χ1v) is 8.46. The third kappa shape index (κ3) is 4.70. The molecule has 25 heavy (non-hydrogen) atoms. The smallest absolute Gasteiger partial charge is 0.222 e. The van der Waals surface area contributed by atoms with Gasteiger partial charge in [0.05, 0.1) is 18.2 Å². The largest absolute Gasteiger partial charge is 0.341 e. The van der Waals surface area contributed by atoms with E-state index in [1.807, 2.05) is 37.3 Å². The minimum Gasteiger partial charge on any atom is -0.341 e. The quantitative estimate of drug-likeness (QED) is 0.553. The molecule has 1 heterocycles. The molecule has 1 saturated heterocycles. The zero-order valence-corrected chi connectivity index (χ0v) is 14.6. The molecule has 0 aliphatic carbocycles. The molecule has 0 unspecified atom stereocenters. The summed E-state index contributed by atoms with van der Waals surface area (Å²) in [5.74, 6) is 5.89. The third-order valence-electron chi connectivity index (χ3n) is 3.84. The molecule has 1 aliphatic heterocycles. The first-order valence-electron chi connectivity index (χ1n) is 8.09. The average molecular weight is 357 g/mol. The molecule has 3 rings (SSSR count). The maximum Gasteiger partial charge on any atom is 0.222 e. The highest BCUT2D eigenvalue weighted by Gasteiger charge is 2.18. The van der Waals surface area contributed by atoms with E-state index in [0.29, 0.717) is 13.2 Å². The fourth-order valence-electron chi connectivity index (χ4n) is 2.58. The van der Waals surface area contributed by atoms with Crippen molar-refractivity contribution in [2.45, 2.75) is 13.2 Å². The van der Waals surface area contributed by atoms with Crippen molar-refractivity contribution >= 4 is 11.6 Å². The number of ether oxygens (including phenoxy) is 2. The number of halogens is 2. The molecule has 0 N–H and O–H groups in total. The average Bonchev–Trinajstić information content (AvgIpc) is 2.64. The van der Waals surface area contributed by atoms with E-state index in [-0.39, 0.29) is 10.9 Å². The van der Waals surface area contributed by atoms with E-state index >= 15 is 0 Å². The van der Waals surface area contributed by atoms with Crippen LogP contribution in [0.4, 0.5) is 4.39 Å². The first kappa shape index (κ1) is 17.7. The molecular weight excluding hydrogens is 339 g/mol. The van der Waals surface area contributed by atoms with Gasteiger partial charge >= 0.3 is 0 Å². The summed E-state index contributed by atoms with van der Waals surface area (Å²) in [5, 5.41) is 0.113. The van der Waals surface area contributed by atoms with Crippen LogP contribution in [-0.2, 0) is 9.47 Å². The van der Waals surface area contributed by atoms with E-state index in [1.165, 1.54) is 6.07 Å². The number of benzene rings is 2. The van der Waals surface area contributed by atoms with E-state index in [9.17, 15) is 4.39 Å². The summed E-state index contributed by atoms with van der Waals surface area (Å²) in [6, 6.07) is 12.3. The van der Waals surface area contributed by atoms with Crippen molar-refractivity contribution in [1.82, 2.24) is 0 Å². The molecule has 0 saturated carbocycles. The normalized spacial score (nSPS) is 20.3. The van der Waals surface area contributed by atoms with Gasteiger partial charge in [0.1, 0.15) is 5.82 Å². The Morgan fingerprint density at radius 3 is 2.60 bits per heavy atom. The second-order valence-corrected chi connectivity index (χ2v) is 6.17. The van der Waals surface area contributed by atoms with Crippen molar-refractivity contribution in [1.29, 1.82) is 0 Å². The fraction of sp³-hybridized carbons (Fsp3) is 0.238. The number of hydrogen-bond donors (Lipinski definition) is 0. The lowest BCUT2D eigenvalue weighted by atomic mass is 10.0. The van der Waals surface area contributed by atoms with E-state index in [1.54, 1.807) is 12.1 Å². The summed E-state index contributed by atoms with van der Waals surface area (Å²) in [7, 11) is 0. The van der Waals surface area contributed by atoms with Gasteiger partial charge in [0.2, 0.25) is 6.29 Å². The maximum atomic E-state index is 13.6. The molecule has 0 atom stereocenters. The Balaban J connectivity index is 1.72. The fourth-order valence-corrected chi connectivity index (χ4v) is 2.70. The Hall–Kier alpha value is -2.12. The van der Waals surface area contributed by atoms with Crippen LogP contribution in [0.15, 0.2) is 54.6 Å². The molecule has 1 fully saturated rings. The summed E-state index contributed by atoms with van der Waals surface area (Å²) in [6.45, 7) is 3.19. The molecule has 4 heteroatoms.